The van der Waals surface area contributed by atoms with Crippen LogP contribution in [0.5, 0.6) is 0 Å². The second kappa shape index (κ2) is 8.18. The number of piperazine rings is 1. The number of rotatable bonds is 7. The molecule has 2 aliphatic rings. The molecule has 1 aliphatic carbocycles. The molecule has 3 N–H and O–H groups in total. The summed E-state index contributed by atoms with van der Waals surface area (Å²) in [5, 5.41) is 7.22. The maximum atomic E-state index is 12.3. The Morgan fingerprint density at radius 2 is 1.76 bits per heavy atom. The van der Waals surface area contributed by atoms with Gasteiger partial charge in [-0.2, -0.15) is 4.31 Å². The van der Waals surface area contributed by atoms with Gasteiger partial charge >= 0.3 is 0 Å². The fourth-order valence-corrected chi connectivity index (χ4v) is 4.47. The lowest BCUT2D eigenvalue weighted by Crippen LogP contribution is -2.50. The molecule has 0 radical (unpaired) electrons. The van der Waals surface area contributed by atoms with Crippen LogP contribution in [0.4, 0.5) is 0 Å². The van der Waals surface area contributed by atoms with E-state index in [1.807, 2.05) is 0 Å². The predicted octanol–water partition coefficient (Wildman–Crippen LogP) is 0.648. The fraction of sp³-hybridized carbons (Fsp3) is 0.750. The van der Waals surface area contributed by atoms with Crippen LogP contribution >= 0.6 is 0 Å². The van der Waals surface area contributed by atoms with E-state index in [4.69, 9.17) is 15.9 Å². The Bertz CT molecular complexity index is 631. The van der Waals surface area contributed by atoms with E-state index in [-0.39, 0.29) is 11.9 Å². The third-order valence-electron chi connectivity index (χ3n) is 4.71. The standard InChI is InChI=1S/C16H28N4O4S/c1-12(2)25(22,23)20-9-7-19(8-10-20)14(11-17)15(16(18)21)24-13-5-3-4-6-13/h11-13,17H,3-10H2,1-2H3,(H2,18,21)/b15-14-,17-11?. The number of allylic oxidation sites excluding steroid dienone is 1. The summed E-state index contributed by atoms with van der Waals surface area (Å²) in [6.07, 6.45) is 4.90. The van der Waals surface area contributed by atoms with Crippen molar-refractivity contribution in [2.45, 2.75) is 50.9 Å². The van der Waals surface area contributed by atoms with Gasteiger partial charge in [0.1, 0.15) is 5.70 Å². The molecule has 0 aromatic rings. The summed E-state index contributed by atoms with van der Waals surface area (Å²) < 4.78 is 31.8. The molecular weight excluding hydrogens is 344 g/mol. The Hall–Kier alpha value is -1.61. The van der Waals surface area contributed by atoms with E-state index in [0.29, 0.717) is 31.9 Å². The van der Waals surface area contributed by atoms with Gasteiger partial charge in [0, 0.05) is 32.4 Å². The summed E-state index contributed by atoms with van der Waals surface area (Å²) >= 11 is 0. The van der Waals surface area contributed by atoms with Crippen molar-refractivity contribution in [2.75, 3.05) is 26.2 Å². The fourth-order valence-electron chi connectivity index (χ4n) is 3.20. The highest BCUT2D eigenvalue weighted by atomic mass is 32.2. The highest BCUT2D eigenvalue weighted by Crippen LogP contribution is 2.25. The van der Waals surface area contributed by atoms with E-state index < -0.39 is 21.2 Å². The summed E-state index contributed by atoms with van der Waals surface area (Å²) in [6, 6.07) is 0. The lowest BCUT2D eigenvalue weighted by molar-refractivity contribution is -0.119. The average molecular weight is 372 g/mol. The quantitative estimate of drug-likeness (QED) is 0.386. The number of carbonyl (C=O) groups excluding carboxylic acids is 1. The monoisotopic (exact) mass is 372 g/mol. The van der Waals surface area contributed by atoms with E-state index >= 15 is 0 Å². The second-order valence-corrected chi connectivity index (χ2v) is 9.22. The van der Waals surface area contributed by atoms with Crippen LogP contribution in [0, 0.1) is 5.41 Å². The van der Waals surface area contributed by atoms with Gasteiger partial charge in [0.25, 0.3) is 5.91 Å². The Morgan fingerprint density at radius 1 is 1.20 bits per heavy atom. The van der Waals surface area contributed by atoms with Crippen LogP contribution in [0.25, 0.3) is 0 Å². The van der Waals surface area contributed by atoms with Crippen LogP contribution < -0.4 is 5.73 Å². The van der Waals surface area contributed by atoms with Crippen molar-refractivity contribution in [1.29, 1.82) is 5.41 Å². The van der Waals surface area contributed by atoms with Crippen molar-refractivity contribution in [2.24, 2.45) is 5.73 Å². The van der Waals surface area contributed by atoms with Crippen molar-refractivity contribution in [3.05, 3.63) is 11.5 Å². The van der Waals surface area contributed by atoms with Crippen molar-refractivity contribution in [3.8, 4) is 0 Å². The zero-order valence-corrected chi connectivity index (χ0v) is 15.7. The molecule has 9 heteroatoms. The van der Waals surface area contributed by atoms with Crippen LogP contribution in [0.2, 0.25) is 0 Å². The van der Waals surface area contributed by atoms with Crippen LogP contribution in [0.15, 0.2) is 11.5 Å². The van der Waals surface area contributed by atoms with Crippen LogP contribution in [0.3, 0.4) is 0 Å². The number of sulfonamides is 1. The molecule has 2 rings (SSSR count). The smallest absolute Gasteiger partial charge is 0.286 e. The molecule has 0 unspecified atom stereocenters. The number of nitrogens with one attached hydrogen (secondary N) is 1. The number of nitrogens with zero attached hydrogens (tertiary/aromatic N) is 2. The van der Waals surface area contributed by atoms with Gasteiger partial charge in [-0.3, -0.25) is 4.79 Å². The number of carbonyl (C=O) groups is 1. The molecule has 1 saturated carbocycles. The molecule has 1 heterocycles. The van der Waals surface area contributed by atoms with Crippen molar-refractivity contribution < 1.29 is 17.9 Å². The van der Waals surface area contributed by atoms with Gasteiger partial charge in [-0.1, -0.05) is 0 Å². The van der Waals surface area contributed by atoms with Crippen LogP contribution in [-0.4, -0.2) is 67.3 Å². The summed E-state index contributed by atoms with van der Waals surface area (Å²) in [5.74, 6) is -0.676. The lowest BCUT2D eigenvalue weighted by atomic mass is 10.2. The normalized spacial score (nSPS) is 21.3. The number of hydrogen-bond acceptors (Lipinski definition) is 6. The Labute approximate surface area is 149 Å². The molecule has 25 heavy (non-hydrogen) atoms. The first kappa shape index (κ1) is 19.7. The second-order valence-electron chi connectivity index (χ2n) is 6.73. The Morgan fingerprint density at radius 3 is 2.20 bits per heavy atom. The number of amides is 1. The molecule has 8 nitrogen and oxygen atoms in total. The number of ether oxygens (including phenoxy) is 1. The molecule has 0 atom stereocenters. The van der Waals surface area contributed by atoms with E-state index in [1.165, 1.54) is 4.31 Å². The molecule has 0 aromatic carbocycles. The van der Waals surface area contributed by atoms with Gasteiger partial charge in [-0.25, -0.2) is 8.42 Å². The first-order valence-corrected chi connectivity index (χ1v) is 10.2. The molecule has 0 bridgehead atoms. The average Bonchev–Trinajstić information content (AvgIpc) is 3.08. The molecule has 2 fully saturated rings. The van der Waals surface area contributed by atoms with Crippen LogP contribution in [0.1, 0.15) is 39.5 Å². The van der Waals surface area contributed by atoms with Gasteiger partial charge < -0.3 is 20.8 Å². The van der Waals surface area contributed by atoms with Crippen LogP contribution in [-0.2, 0) is 19.6 Å². The minimum absolute atomic E-state index is 0.0158. The zero-order chi connectivity index (χ0) is 18.6. The summed E-state index contributed by atoms with van der Waals surface area (Å²) in [5.41, 5.74) is 5.81. The maximum absolute atomic E-state index is 12.3. The number of primary amides is 1. The van der Waals surface area contributed by atoms with Gasteiger partial charge in [0.05, 0.1) is 11.4 Å². The first-order valence-electron chi connectivity index (χ1n) is 8.72. The van der Waals surface area contributed by atoms with Crippen molar-refractivity contribution >= 4 is 22.1 Å². The number of nitrogens with two attached hydrogens (primary N) is 1. The maximum Gasteiger partial charge on any atom is 0.286 e. The SMILES string of the molecule is CC(C)S(=O)(=O)N1CCN(/C(C=N)=C(\OC2CCCC2)C(N)=O)CC1. The van der Waals surface area contributed by atoms with E-state index in [2.05, 4.69) is 0 Å². The summed E-state index contributed by atoms with van der Waals surface area (Å²) in [7, 11) is -3.30. The Kier molecular flexibility index (Phi) is 6.45. The number of hydrogen-bond donors (Lipinski definition) is 2. The topological polar surface area (TPSA) is 117 Å². The van der Waals surface area contributed by atoms with Gasteiger partial charge in [-0.05, 0) is 39.5 Å². The van der Waals surface area contributed by atoms with E-state index in [9.17, 15) is 13.2 Å². The van der Waals surface area contributed by atoms with Gasteiger partial charge in [-0.15, -0.1) is 0 Å². The third-order valence-corrected chi connectivity index (χ3v) is 6.99. The first-order chi connectivity index (χ1) is 11.8. The molecule has 0 aromatic heterocycles. The summed E-state index contributed by atoms with van der Waals surface area (Å²) in [6.45, 7) is 4.72. The minimum Gasteiger partial charge on any atom is -0.483 e. The lowest BCUT2D eigenvalue weighted by Gasteiger charge is -2.36. The minimum atomic E-state index is -3.30. The van der Waals surface area contributed by atoms with E-state index in [0.717, 1.165) is 31.9 Å². The molecule has 142 valence electrons. The van der Waals surface area contributed by atoms with Gasteiger partial charge in [0.2, 0.25) is 15.8 Å². The molecule has 1 aliphatic heterocycles. The largest absolute Gasteiger partial charge is 0.483 e. The third kappa shape index (κ3) is 4.52. The molecule has 0 spiro atoms. The van der Waals surface area contributed by atoms with Gasteiger partial charge in [0.15, 0.2) is 0 Å². The summed E-state index contributed by atoms with van der Waals surface area (Å²) in [4.78, 5) is 13.6. The van der Waals surface area contributed by atoms with E-state index in [1.54, 1.807) is 18.7 Å². The Balaban J connectivity index is 2.14. The predicted molar refractivity (Wildman–Crippen MR) is 95.5 cm³/mol. The molecular formula is C16H28N4O4S. The van der Waals surface area contributed by atoms with Crippen molar-refractivity contribution in [3.63, 3.8) is 0 Å². The van der Waals surface area contributed by atoms with Crippen molar-refractivity contribution in [1.82, 2.24) is 9.21 Å². The highest BCUT2D eigenvalue weighted by molar-refractivity contribution is 7.89. The molecule has 1 saturated heterocycles. The zero-order valence-electron chi connectivity index (χ0n) is 14.9. The highest BCUT2D eigenvalue weighted by Gasteiger charge is 2.31. The molecule has 1 amide bonds.